The van der Waals surface area contributed by atoms with Crippen LogP contribution in [0.25, 0.3) is 0 Å². The number of para-hydroxylation sites is 1. The summed E-state index contributed by atoms with van der Waals surface area (Å²) < 4.78 is 0. The van der Waals surface area contributed by atoms with Crippen molar-refractivity contribution in [1.29, 1.82) is 0 Å². The van der Waals surface area contributed by atoms with E-state index in [2.05, 4.69) is 10.5 Å². The van der Waals surface area contributed by atoms with Crippen LogP contribution in [0.2, 0.25) is 0 Å². The van der Waals surface area contributed by atoms with E-state index in [1.165, 1.54) is 0 Å². The number of Topliss-reactive ketones (excluding diaryl/α,β-unsaturated/α-hetero) is 1. The number of ketones is 1. The van der Waals surface area contributed by atoms with E-state index in [4.69, 9.17) is 0 Å². The predicted molar refractivity (Wildman–Crippen MR) is 65.5 cm³/mol. The molecule has 0 heterocycles. The molecule has 0 atom stereocenters. The molecule has 0 unspecified atom stereocenters. The van der Waals surface area contributed by atoms with Gasteiger partial charge in [-0.3, -0.25) is 10.2 Å². The van der Waals surface area contributed by atoms with Crippen molar-refractivity contribution in [2.75, 3.05) is 5.43 Å². The number of carbonyl (C=O) groups excluding carboxylic acids is 1. The highest BCUT2D eigenvalue weighted by molar-refractivity contribution is 6.14. The van der Waals surface area contributed by atoms with Crippen LogP contribution >= 0.6 is 0 Å². The minimum atomic E-state index is -0.401. The van der Waals surface area contributed by atoms with Crippen LogP contribution in [0, 0.1) is 5.41 Å². The van der Waals surface area contributed by atoms with E-state index < -0.39 is 5.41 Å². The average Bonchev–Trinajstić information content (AvgIpc) is 2.53. The van der Waals surface area contributed by atoms with Gasteiger partial charge in [0.25, 0.3) is 0 Å². The van der Waals surface area contributed by atoms with Gasteiger partial charge in [-0.1, -0.05) is 18.2 Å². The van der Waals surface area contributed by atoms with Gasteiger partial charge < -0.3 is 0 Å². The van der Waals surface area contributed by atoms with Gasteiger partial charge in [0.05, 0.1) is 16.8 Å². The molecule has 2 rings (SSSR count). The predicted octanol–water partition coefficient (Wildman–Crippen LogP) is 2.84. The Morgan fingerprint density at radius 1 is 1.19 bits per heavy atom. The Hall–Kier alpha value is -1.64. The van der Waals surface area contributed by atoms with Crippen molar-refractivity contribution in [1.82, 2.24) is 0 Å². The van der Waals surface area contributed by atoms with Crippen molar-refractivity contribution >= 4 is 17.2 Å². The van der Waals surface area contributed by atoms with Gasteiger partial charge in [-0.05, 0) is 32.4 Å². The van der Waals surface area contributed by atoms with E-state index in [1.54, 1.807) is 0 Å². The Kier molecular flexibility index (Phi) is 2.77. The van der Waals surface area contributed by atoms with Crippen molar-refractivity contribution in [3.05, 3.63) is 30.3 Å². The second-order valence-corrected chi connectivity index (χ2v) is 4.58. The second kappa shape index (κ2) is 4.08. The summed E-state index contributed by atoms with van der Waals surface area (Å²) in [5.74, 6) is 0.279. The first-order valence-corrected chi connectivity index (χ1v) is 5.52. The molecule has 0 aromatic heterocycles. The maximum absolute atomic E-state index is 11.6. The number of benzene rings is 1. The molecule has 1 saturated carbocycles. The molecule has 0 radical (unpaired) electrons. The fraction of sp³-hybridized carbons (Fsp3) is 0.385. The van der Waals surface area contributed by atoms with Crippen LogP contribution < -0.4 is 5.43 Å². The SMILES string of the molecule is CC1(C)C(=O)CCC1=NNc1ccccc1. The maximum atomic E-state index is 11.6. The molecule has 3 heteroatoms. The fourth-order valence-electron chi connectivity index (χ4n) is 1.86. The van der Waals surface area contributed by atoms with Crippen molar-refractivity contribution in [3.8, 4) is 0 Å². The zero-order valence-electron chi connectivity index (χ0n) is 9.66. The molecule has 0 spiro atoms. The molecule has 1 aliphatic carbocycles. The van der Waals surface area contributed by atoms with Crippen LogP contribution in [0.1, 0.15) is 26.7 Å². The van der Waals surface area contributed by atoms with Crippen LogP contribution in [0.5, 0.6) is 0 Å². The molecule has 16 heavy (non-hydrogen) atoms. The number of anilines is 1. The highest BCUT2D eigenvalue weighted by atomic mass is 16.1. The quantitative estimate of drug-likeness (QED) is 0.772. The zero-order chi connectivity index (χ0) is 11.6. The topological polar surface area (TPSA) is 41.5 Å². The van der Waals surface area contributed by atoms with E-state index in [9.17, 15) is 4.79 Å². The average molecular weight is 216 g/mol. The normalized spacial score (nSPS) is 21.4. The van der Waals surface area contributed by atoms with Gasteiger partial charge in [0, 0.05) is 6.42 Å². The van der Waals surface area contributed by atoms with E-state index in [0.29, 0.717) is 6.42 Å². The second-order valence-electron chi connectivity index (χ2n) is 4.58. The molecular weight excluding hydrogens is 200 g/mol. The molecule has 0 saturated heterocycles. The first kappa shape index (κ1) is 10.9. The summed E-state index contributed by atoms with van der Waals surface area (Å²) in [7, 11) is 0. The van der Waals surface area contributed by atoms with E-state index in [1.807, 2.05) is 44.2 Å². The molecule has 1 aliphatic rings. The van der Waals surface area contributed by atoms with Crippen LogP contribution in [0.3, 0.4) is 0 Å². The van der Waals surface area contributed by atoms with E-state index >= 15 is 0 Å². The zero-order valence-corrected chi connectivity index (χ0v) is 9.66. The number of rotatable bonds is 2. The van der Waals surface area contributed by atoms with Crippen LogP contribution in [-0.4, -0.2) is 11.5 Å². The summed E-state index contributed by atoms with van der Waals surface area (Å²) in [6.07, 6.45) is 1.38. The molecule has 0 amide bonds. The lowest BCUT2D eigenvalue weighted by molar-refractivity contribution is -0.122. The highest BCUT2D eigenvalue weighted by Crippen LogP contribution is 2.31. The summed E-state index contributed by atoms with van der Waals surface area (Å²) in [5, 5.41) is 4.34. The fourth-order valence-corrected chi connectivity index (χ4v) is 1.86. The summed E-state index contributed by atoms with van der Waals surface area (Å²) in [6, 6.07) is 9.77. The molecular formula is C13H16N2O. The van der Waals surface area contributed by atoms with E-state index in [0.717, 1.165) is 17.8 Å². The van der Waals surface area contributed by atoms with Crippen LogP contribution in [0.4, 0.5) is 5.69 Å². The summed E-state index contributed by atoms with van der Waals surface area (Å²) in [4.78, 5) is 11.6. The molecule has 3 nitrogen and oxygen atoms in total. The Bertz CT molecular complexity index is 421. The number of nitrogens with zero attached hydrogens (tertiary/aromatic N) is 1. The van der Waals surface area contributed by atoms with Crippen molar-refractivity contribution in [2.45, 2.75) is 26.7 Å². The van der Waals surface area contributed by atoms with Gasteiger partial charge in [-0.25, -0.2) is 0 Å². The van der Waals surface area contributed by atoms with Crippen LogP contribution in [0.15, 0.2) is 35.4 Å². The first-order chi connectivity index (χ1) is 7.60. The van der Waals surface area contributed by atoms with Crippen molar-refractivity contribution in [3.63, 3.8) is 0 Å². The molecule has 1 N–H and O–H groups in total. The van der Waals surface area contributed by atoms with Gasteiger partial charge in [0.2, 0.25) is 0 Å². The maximum Gasteiger partial charge on any atom is 0.144 e. The lowest BCUT2D eigenvalue weighted by atomic mass is 9.89. The number of hydrazone groups is 1. The minimum absolute atomic E-state index is 0.279. The minimum Gasteiger partial charge on any atom is -0.299 e. The van der Waals surface area contributed by atoms with Crippen molar-refractivity contribution in [2.24, 2.45) is 10.5 Å². The number of nitrogens with one attached hydrogen (secondary N) is 1. The van der Waals surface area contributed by atoms with Crippen molar-refractivity contribution < 1.29 is 4.79 Å². The highest BCUT2D eigenvalue weighted by Gasteiger charge is 2.38. The Balaban J connectivity index is 2.12. The van der Waals surface area contributed by atoms with E-state index in [-0.39, 0.29) is 5.78 Å². The first-order valence-electron chi connectivity index (χ1n) is 5.52. The molecule has 1 fully saturated rings. The number of hydrogen-bond donors (Lipinski definition) is 1. The molecule has 0 bridgehead atoms. The summed E-state index contributed by atoms with van der Waals surface area (Å²) in [6.45, 7) is 3.88. The number of carbonyl (C=O) groups is 1. The Morgan fingerprint density at radius 3 is 2.44 bits per heavy atom. The lowest BCUT2D eigenvalue weighted by Crippen LogP contribution is -2.25. The summed E-state index contributed by atoms with van der Waals surface area (Å²) >= 11 is 0. The Labute approximate surface area is 95.6 Å². The molecule has 0 aliphatic heterocycles. The number of hydrogen-bond acceptors (Lipinski definition) is 3. The lowest BCUT2D eigenvalue weighted by Gasteiger charge is -2.16. The third kappa shape index (κ3) is 1.98. The largest absolute Gasteiger partial charge is 0.299 e. The standard InChI is InChI=1S/C13H16N2O/c1-13(2)11(8-9-12(13)16)15-14-10-6-4-3-5-7-10/h3-7,14H,8-9H2,1-2H3. The molecule has 84 valence electrons. The molecule has 1 aromatic rings. The third-order valence-electron chi connectivity index (χ3n) is 3.10. The van der Waals surface area contributed by atoms with Gasteiger partial charge in [0.1, 0.15) is 5.78 Å². The van der Waals surface area contributed by atoms with Crippen LogP contribution in [-0.2, 0) is 4.79 Å². The summed E-state index contributed by atoms with van der Waals surface area (Å²) in [5.41, 5.74) is 4.49. The Morgan fingerprint density at radius 2 is 1.88 bits per heavy atom. The van der Waals surface area contributed by atoms with Gasteiger partial charge in [0.15, 0.2) is 0 Å². The van der Waals surface area contributed by atoms with Gasteiger partial charge >= 0.3 is 0 Å². The third-order valence-corrected chi connectivity index (χ3v) is 3.10. The van der Waals surface area contributed by atoms with Gasteiger partial charge in [-0.2, -0.15) is 5.10 Å². The molecule has 1 aromatic carbocycles. The van der Waals surface area contributed by atoms with Gasteiger partial charge in [-0.15, -0.1) is 0 Å². The smallest absolute Gasteiger partial charge is 0.144 e. The monoisotopic (exact) mass is 216 g/mol.